The molecule has 8 atom stereocenters. The maximum absolute atomic E-state index is 14.9. The third kappa shape index (κ3) is 7.21. The fourth-order valence-corrected chi connectivity index (χ4v) is 11.8. The molecule has 1 unspecified atom stereocenters. The molecule has 1 saturated heterocycles. The number of hydrogen-bond donors (Lipinski definition) is 1. The molecule has 3 aliphatic heterocycles. The fraction of sp³-hybridized carbons (Fsp3) is 0.550. The molecule has 2 aliphatic carbocycles. The van der Waals surface area contributed by atoms with E-state index < -0.39 is 33.8 Å². The van der Waals surface area contributed by atoms with Crippen LogP contribution in [-0.2, 0) is 43.1 Å². The van der Waals surface area contributed by atoms with Gasteiger partial charge in [0.1, 0.15) is 27.3 Å². The molecule has 2 amide bonds. The van der Waals surface area contributed by atoms with Crippen LogP contribution in [0.15, 0.2) is 47.0 Å². The molecule has 3 aromatic rings. The summed E-state index contributed by atoms with van der Waals surface area (Å²) in [6, 6.07) is 11.4. The van der Waals surface area contributed by atoms with Gasteiger partial charge >= 0.3 is 5.97 Å². The first-order chi connectivity index (χ1) is 26.4. The minimum atomic E-state index is -3.81. The second kappa shape index (κ2) is 14.7. The number of rotatable bonds is 4. The lowest BCUT2D eigenvalue weighted by molar-refractivity contribution is -0.143. The molecule has 1 saturated carbocycles. The minimum absolute atomic E-state index is 0.0348. The van der Waals surface area contributed by atoms with Gasteiger partial charge in [-0.1, -0.05) is 24.6 Å². The average molecular weight is 794 g/mol. The Morgan fingerprint density at radius 2 is 1.96 bits per heavy atom. The van der Waals surface area contributed by atoms with Crippen LogP contribution in [0.2, 0.25) is 5.02 Å². The van der Waals surface area contributed by atoms with Crippen LogP contribution in [0.4, 0.5) is 5.69 Å². The number of hydrogen-bond acceptors (Lipinski definition) is 10. The zero-order valence-corrected chi connectivity index (χ0v) is 33.2. The Morgan fingerprint density at radius 1 is 1.13 bits per heavy atom. The number of methoxy groups -OCH3 is 2. The molecule has 1 spiro atoms. The Bertz CT molecular complexity index is 2150. The van der Waals surface area contributed by atoms with Crippen LogP contribution in [0, 0.1) is 23.7 Å². The van der Waals surface area contributed by atoms with Gasteiger partial charge in [0.05, 0.1) is 37.7 Å². The van der Waals surface area contributed by atoms with Crippen LogP contribution >= 0.6 is 11.6 Å². The molecular weight excluding hydrogens is 746 g/mol. The quantitative estimate of drug-likeness (QED) is 0.335. The number of anilines is 1. The van der Waals surface area contributed by atoms with Crippen molar-refractivity contribution in [1.82, 2.24) is 14.5 Å². The van der Waals surface area contributed by atoms with Crippen molar-refractivity contribution in [2.75, 3.05) is 44.6 Å². The van der Waals surface area contributed by atoms with Crippen LogP contribution in [0.3, 0.4) is 0 Å². The van der Waals surface area contributed by atoms with Crippen LogP contribution in [0.5, 0.6) is 11.6 Å². The van der Waals surface area contributed by atoms with Crippen LogP contribution in [0.25, 0.3) is 0 Å². The minimum Gasteiger partial charge on any atom is -0.490 e. The Hall–Kier alpha value is -4.14. The molecule has 1 N–H and O–H groups in total. The van der Waals surface area contributed by atoms with E-state index in [2.05, 4.69) is 31.2 Å². The first-order valence-electron chi connectivity index (χ1n) is 19.1. The first-order valence-corrected chi connectivity index (χ1v) is 21.2. The lowest BCUT2D eigenvalue weighted by Gasteiger charge is -2.46. The van der Waals surface area contributed by atoms with Gasteiger partial charge < -0.3 is 23.8 Å². The smallest absolute Gasteiger partial charge is 0.306 e. The summed E-state index contributed by atoms with van der Waals surface area (Å²) in [5.41, 5.74) is 3.17. The van der Waals surface area contributed by atoms with E-state index in [0.717, 1.165) is 37.8 Å². The number of aryl methyl sites for hydroxylation is 2. The maximum atomic E-state index is 14.9. The van der Waals surface area contributed by atoms with E-state index in [-0.39, 0.29) is 58.5 Å². The second-order valence-electron chi connectivity index (χ2n) is 16.1. The monoisotopic (exact) mass is 793 g/mol. The molecule has 55 heavy (non-hydrogen) atoms. The molecule has 0 radical (unpaired) electrons. The summed E-state index contributed by atoms with van der Waals surface area (Å²) in [7, 11) is 0.933. The van der Waals surface area contributed by atoms with E-state index in [0.29, 0.717) is 42.8 Å². The number of fused-ring (bicyclic) bond motifs is 5. The van der Waals surface area contributed by atoms with Gasteiger partial charge in [0.15, 0.2) is 0 Å². The molecule has 2 aromatic carbocycles. The molecule has 8 rings (SSSR count). The number of nitrogens with zero attached hydrogens (tertiary/aromatic N) is 4. The van der Waals surface area contributed by atoms with Gasteiger partial charge in [-0.05, 0) is 91.8 Å². The molecule has 2 bridgehead atoms. The summed E-state index contributed by atoms with van der Waals surface area (Å²) in [5, 5.41) is 4.87. The number of ether oxygens (including phenoxy) is 4. The fourth-order valence-electron chi connectivity index (χ4n) is 9.72. The number of esters is 1. The summed E-state index contributed by atoms with van der Waals surface area (Å²) in [6.45, 7) is 3.65. The number of aromatic nitrogens is 2. The Labute approximate surface area is 326 Å². The highest BCUT2D eigenvalue weighted by molar-refractivity contribution is 7.92. The SMILES string of the molecule is COc1nn(C)cc1C(=O)NS1(=O)=NC(=O)c2ccc3c(c2)N(C[C@@H]2CC[C@H]2[C@@H](OC)C[C@H]2CC(=O)O[C@@H]2[C@H](C)C1)C[C@@]1(CCCc2cc(Cl)ccc21)CO3. The van der Waals surface area contributed by atoms with Gasteiger partial charge in [-0.15, -0.1) is 9.46 Å². The van der Waals surface area contributed by atoms with E-state index in [4.69, 9.17) is 30.5 Å². The normalized spacial score (nSPS) is 31.8. The van der Waals surface area contributed by atoms with Crippen molar-refractivity contribution in [2.45, 2.75) is 69.5 Å². The number of carbonyl (C=O) groups is 3. The lowest BCUT2D eigenvalue weighted by Crippen LogP contribution is -2.50. The van der Waals surface area contributed by atoms with Crippen molar-refractivity contribution in [3.05, 3.63) is 69.9 Å². The number of nitrogens with one attached hydrogen (secondary N) is 1. The van der Waals surface area contributed by atoms with Gasteiger partial charge in [0.25, 0.3) is 11.8 Å². The van der Waals surface area contributed by atoms with Gasteiger partial charge in [-0.2, -0.15) is 0 Å². The molecule has 5 aliphatic rings. The maximum Gasteiger partial charge on any atom is 0.306 e. The van der Waals surface area contributed by atoms with Gasteiger partial charge in [-0.3, -0.25) is 23.8 Å². The largest absolute Gasteiger partial charge is 0.490 e. The van der Waals surface area contributed by atoms with Crippen molar-refractivity contribution in [2.24, 2.45) is 35.1 Å². The zero-order chi connectivity index (χ0) is 38.6. The Balaban J connectivity index is 1.23. The van der Waals surface area contributed by atoms with E-state index in [1.165, 1.54) is 29.1 Å². The summed E-state index contributed by atoms with van der Waals surface area (Å²) < 4.78 is 47.2. The predicted molar refractivity (Wildman–Crippen MR) is 206 cm³/mol. The van der Waals surface area contributed by atoms with Gasteiger partial charge in [-0.25, -0.2) is 4.21 Å². The molecule has 15 heteroatoms. The van der Waals surface area contributed by atoms with Crippen LogP contribution in [0.1, 0.15) is 77.3 Å². The molecule has 1 aromatic heterocycles. The van der Waals surface area contributed by atoms with Crippen molar-refractivity contribution in [1.29, 1.82) is 0 Å². The Morgan fingerprint density at radius 3 is 2.73 bits per heavy atom. The third-order valence-electron chi connectivity index (χ3n) is 12.5. The number of halogens is 1. The Kier molecular flexibility index (Phi) is 10.1. The topological polar surface area (TPSA) is 151 Å². The standard InChI is InChI=1S/C40H48ClN5O8S/c1-23-20-55(50,44-38(49)30-19-45(2)42-39(30)52-4)43-37(48)25-8-12-33-32(15-25)46(21-40(22-53-33)13-5-6-24-14-28(41)9-11-31(24)40)18-26-7-10-29(26)34(51-3)16-27-17-35(47)54-36(23)27/h8-9,11-12,14-15,19,23,26-27,29,34,36H,5-7,10,13,16-18,20-22H2,1-4H3,(H,43,44,48,49,50)/t23-,26+,27+,29-,34+,36-,40+,55?/m1/s1. The van der Waals surface area contributed by atoms with Crippen molar-refractivity contribution in [3.63, 3.8) is 0 Å². The molecule has 13 nitrogen and oxygen atoms in total. The summed E-state index contributed by atoms with van der Waals surface area (Å²) in [6.07, 6.45) is 6.37. The summed E-state index contributed by atoms with van der Waals surface area (Å²) in [4.78, 5) is 43.1. The summed E-state index contributed by atoms with van der Waals surface area (Å²) >= 11 is 6.47. The van der Waals surface area contributed by atoms with Gasteiger partial charge in [0, 0.05) is 61.3 Å². The molecule has 2 fully saturated rings. The van der Waals surface area contributed by atoms with Crippen LogP contribution in [-0.4, -0.2) is 83.6 Å². The van der Waals surface area contributed by atoms with E-state index in [1.54, 1.807) is 32.4 Å². The van der Waals surface area contributed by atoms with Crippen LogP contribution < -0.4 is 19.1 Å². The summed E-state index contributed by atoms with van der Waals surface area (Å²) in [5.74, 6) is -1.60. The van der Waals surface area contributed by atoms with Crippen molar-refractivity contribution < 1.29 is 37.5 Å². The van der Waals surface area contributed by atoms with E-state index in [9.17, 15) is 18.6 Å². The molecule has 4 heterocycles. The first kappa shape index (κ1) is 37.8. The third-order valence-corrected chi connectivity index (χ3v) is 14.6. The number of benzene rings is 2. The average Bonchev–Trinajstić information content (AvgIpc) is 3.67. The highest BCUT2D eigenvalue weighted by Gasteiger charge is 2.47. The van der Waals surface area contributed by atoms with Crippen molar-refractivity contribution in [3.8, 4) is 11.6 Å². The highest BCUT2D eigenvalue weighted by Crippen LogP contribution is 2.48. The van der Waals surface area contributed by atoms with Gasteiger partial charge in [0.2, 0.25) is 5.88 Å². The zero-order valence-electron chi connectivity index (χ0n) is 31.6. The lowest BCUT2D eigenvalue weighted by atomic mass is 9.67. The van der Waals surface area contributed by atoms with E-state index in [1.807, 2.05) is 13.0 Å². The number of carbonyl (C=O) groups excluding carboxylic acids is 3. The molecular formula is C40H48ClN5O8S. The molecule has 294 valence electrons. The number of amides is 2. The predicted octanol–water partition coefficient (Wildman–Crippen LogP) is 5.52. The second-order valence-corrected chi connectivity index (χ2v) is 18.5. The highest BCUT2D eigenvalue weighted by atomic mass is 35.5. The van der Waals surface area contributed by atoms with Crippen molar-refractivity contribution >= 4 is 45.0 Å². The van der Waals surface area contributed by atoms with E-state index >= 15 is 0 Å².